The van der Waals surface area contributed by atoms with Crippen molar-refractivity contribution >= 4 is 55.1 Å². The van der Waals surface area contributed by atoms with E-state index in [0.29, 0.717) is 0 Å². The molecular formula is C67H46N2. The van der Waals surface area contributed by atoms with Crippen molar-refractivity contribution in [2.24, 2.45) is 0 Å². The second-order valence-corrected chi connectivity index (χ2v) is 18.0. The zero-order valence-corrected chi connectivity index (χ0v) is 38.0. The lowest BCUT2D eigenvalue weighted by molar-refractivity contribution is 0.560. The van der Waals surface area contributed by atoms with Crippen molar-refractivity contribution in [2.75, 3.05) is 9.80 Å². The third-order valence-corrected chi connectivity index (χ3v) is 14.2. The van der Waals surface area contributed by atoms with Crippen LogP contribution >= 0.6 is 0 Å². The molecule has 0 aromatic heterocycles. The van der Waals surface area contributed by atoms with Crippen molar-refractivity contribution in [3.63, 3.8) is 0 Å². The first-order chi connectivity index (χ1) is 34.3. The molecule has 0 spiro atoms. The average Bonchev–Trinajstić information content (AvgIpc) is 3.74. The lowest BCUT2D eigenvalue weighted by atomic mass is 9.86. The molecular weight excluding hydrogens is 833 g/mol. The molecule has 0 bridgehead atoms. The fraction of sp³-hybridized carbons (Fsp3) is 0.0149. The van der Waals surface area contributed by atoms with E-state index in [1.165, 1.54) is 76.8 Å². The molecule has 1 aliphatic rings. The van der Waals surface area contributed by atoms with Gasteiger partial charge < -0.3 is 9.80 Å². The summed E-state index contributed by atoms with van der Waals surface area (Å²) in [6, 6.07) is 103. The molecule has 1 heterocycles. The van der Waals surface area contributed by atoms with E-state index < -0.39 is 5.66 Å². The van der Waals surface area contributed by atoms with Gasteiger partial charge in [-0.15, -0.1) is 0 Å². The number of rotatable bonds is 8. The lowest BCUT2D eigenvalue weighted by Gasteiger charge is -2.47. The Bertz CT molecular complexity index is 3560. The van der Waals surface area contributed by atoms with Crippen LogP contribution in [0.3, 0.4) is 0 Å². The van der Waals surface area contributed by atoms with Crippen LogP contribution < -0.4 is 9.80 Å². The Kier molecular flexibility index (Phi) is 9.77. The molecule has 13 rings (SSSR count). The van der Waals surface area contributed by atoms with Crippen LogP contribution in [0.1, 0.15) is 11.1 Å². The molecule has 0 radical (unpaired) electrons. The predicted octanol–water partition coefficient (Wildman–Crippen LogP) is 18.0. The van der Waals surface area contributed by atoms with Crippen molar-refractivity contribution in [3.05, 3.63) is 290 Å². The predicted molar refractivity (Wildman–Crippen MR) is 292 cm³/mol. The van der Waals surface area contributed by atoms with Gasteiger partial charge in [0, 0.05) is 22.5 Å². The Morgan fingerprint density at radius 2 is 0.493 bits per heavy atom. The average molecular weight is 879 g/mol. The van der Waals surface area contributed by atoms with Gasteiger partial charge in [-0.25, -0.2) is 0 Å². The molecule has 0 atom stereocenters. The number of nitrogens with zero attached hydrogens (tertiary/aromatic N) is 2. The summed E-state index contributed by atoms with van der Waals surface area (Å²) in [7, 11) is 0. The number of anilines is 4. The van der Waals surface area contributed by atoms with E-state index in [1.807, 2.05) is 0 Å². The molecule has 0 unspecified atom stereocenters. The van der Waals surface area contributed by atoms with E-state index in [-0.39, 0.29) is 0 Å². The van der Waals surface area contributed by atoms with Crippen LogP contribution in [0, 0.1) is 0 Å². The van der Waals surface area contributed by atoms with Gasteiger partial charge in [-0.3, -0.25) is 0 Å². The van der Waals surface area contributed by atoms with Gasteiger partial charge in [-0.1, -0.05) is 243 Å². The minimum Gasteiger partial charge on any atom is -0.308 e. The summed E-state index contributed by atoms with van der Waals surface area (Å²) < 4.78 is 0. The summed E-state index contributed by atoms with van der Waals surface area (Å²) in [5, 5.41) is 7.42. The Morgan fingerprint density at radius 1 is 0.217 bits per heavy atom. The fourth-order valence-corrected chi connectivity index (χ4v) is 11.2. The quantitative estimate of drug-likeness (QED) is 0.140. The monoisotopic (exact) mass is 878 g/mol. The van der Waals surface area contributed by atoms with Gasteiger partial charge in [0.2, 0.25) is 0 Å². The number of benzene rings is 12. The molecule has 0 saturated carbocycles. The first kappa shape index (κ1) is 40.3. The third-order valence-electron chi connectivity index (χ3n) is 14.2. The highest BCUT2D eigenvalue weighted by molar-refractivity contribution is 6.27. The molecule has 12 aromatic rings. The molecule has 0 aliphatic carbocycles. The summed E-state index contributed by atoms with van der Waals surface area (Å²) in [4.78, 5) is 5.29. The maximum Gasteiger partial charge on any atom is 0.175 e. The van der Waals surface area contributed by atoms with Crippen molar-refractivity contribution < 1.29 is 0 Å². The fourth-order valence-electron chi connectivity index (χ4n) is 11.2. The van der Waals surface area contributed by atoms with E-state index in [4.69, 9.17) is 0 Å². The van der Waals surface area contributed by atoms with E-state index in [2.05, 4.69) is 289 Å². The maximum absolute atomic E-state index is 2.64. The number of hydrogen-bond acceptors (Lipinski definition) is 2. The summed E-state index contributed by atoms with van der Waals surface area (Å²) in [6.45, 7) is 0. The van der Waals surface area contributed by atoms with Crippen molar-refractivity contribution in [2.45, 2.75) is 5.66 Å². The van der Waals surface area contributed by atoms with Crippen LogP contribution in [0.15, 0.2) is 279 Å². The Hall–Kier alpha value is -8.98. The topological polar surface area (TPSA) is 6.48 Å². The Balaban J connectivity index is 1.20. The Morgan fingerprint density at radius 3 is 0.826 bits per heavy atom. The molecule has 12 aromatic carbocycles. The largest absolute Gasteiger partial charge is 0.308 e. The highest BCUT2D eigenvalue weighted by Gasteiger charge is 2.54. The summed E-state index contributed by atoms with van der Waals surface area (Å²) in [6.07, 6.45) is 0. The number of fused-ring (bicyclic) bond motifs is 7. The first-order valence-electron chi connectivity index (χ1n) is 23.8. The Labute approximate surface area is 403 Å². The number of hydrogen-bond donors (Lipinski definition) is 0. The summed E-state index contributed by atoms with van der Waals surface area (Å²) >= 11 is 0. The van der Waals surface area contributed by atoms with Crippen LogP contribution in [-0.2, 0) is 5.66 Å². The van der Waals surface area contributed by atoms with Crippen molar-refractivity contribution in [3.8, 4) is 44.5 Å². The zero-order chi connectivity index (χ0) is 45.7. The van der Waals surface area contributed by atoms with Crippen LogP contribution in [0.4, 0.5) is 22.7 Å². The normalized spacial score (nSPS) is 13.0. The molecule has 0 saturated heterocycles. The van der Waals surface area contributed by atoms with Gasteiger partial charge in [-0.05, 0) is 113 Å². The minimum atomic E-state index is -0.932. The van der Waals surface area contributed by atoms with E-state index in [0.717, 1.165) is 33.9 Å². The smallest absolute Gasteiger partial charge is 0.175 e. The van der Waals surface area contributed by atoms with Crippen LogP contribution in [-0.4, -0.2) is 0 Å². The summed E-state index contributed by atoms with van der Waals surface area (Å²) in [5.41, 5.74) is 15.2. The standard InChI is InChI=1S/C67H46N2/c1-7-23-47(24-8-1)55-41-39-53(43-61(55)49-27-11-3-12-28-49)68-65-45-63-59-37-21-19-35-57(59)58-36-20-22-38-60(58)64(63)46-66(65)69(67(68,51-31-15-5-16-32-51)52-33-17-6-18-34-52)54-40-42-56(48-25-9-2-10-26-48)62(44-54)50-29-13-4-14-30-50/h1-46H. The highest BCUT2D eigenvalue weighted by atomic mass is 15.5. The summed E-state index contributed by atoms with van der Waals surface area (Å²) in [5.74, 6) is 0. The highest BCUT2D eigenvalue weighted by Crippen LogP contribution is 2.62. The van der Waals surface area contributed by atoms with E-state index in [1.54, 1.807) is 0 Å². The molecule has 1 aliphatic heterocycles. The van der Waals surface area contributed by atoms with E-state index in [9.17, 15) is 0 Å². The van der Waals surface area contributed by atoms with Gasteiger partial charge in [-0.2, -0.15) is 0 Å². The lowest BCUT2D eigenvalue weighted by Crippen LogP contribution is -2.51. The molecule has 2 heteroatoms. The van der Waals surface area contributed by atoms with Crippen LogP contribution in [0.25, 0.3) is 76.8 Å². The van der Waals surface area contributed by atoms with Gasteiger partial charge in [0.05, 0.1) is 11.4 Å². The van der Waals surface area contributed by atoms with Crippen molar-refractivity contribution in [1.82, 2.24) is 0 Å². The molecule has 69 heavy (non-hydrogen) atoms. The maximum atomic E-state index is 2.64. The van der Waals surface area contributed by atoms with Crippen molar-refractivity contribution in [1.29, 1.82) is 0 Å². The van der Waals surface area contributed by atoms with E-state index >= 15 is 0 Å². The minimum absolute atomic E-state index is 0.932. The zero-order valence-electron chi connectivity index (χ0n) is 38.0. The van der Waals surface area contributed by atoms with Gasteiger partial charge in [0.15, 0.2) is 5.66 Å². The molecule has 2 nitrogen and oxygen atoms in total. The first-order valence-corrected chi connectivity index (χ1v) is 23.8. The second-order valence-electron chi connectivity index (χ2n) is 18.0. The van der Waals surface area contributed by atoms with Crippen LogP contribution in [0.5, 0.6) is 0 Å². The molecule has 324 valence electrons. The van der Waals surface area contributed by atoms with Gasteiger partial charge >= 0.3 is 0 Å². The van der Waals surface area contributed by atoms with Crippen LogP contribution in [0.2, 0.25) is 0 Å². The third kappa shape index (κ3) is 6.56. The molecule has 0 N–H and O–H groups in total. The second kappa shape index (κ2) is 16.7. The SMILES string of the molecule is c1ccc(-c2ccc(N3c4cc5c6ccccc6c6ccccc6c5cc4N(c4ccc(-c5ccccc5)c(-c5ccccc5)c4)C3(c3ccccc3)c3ccccc3)cc2-c2ccccc2)cc1. The molecule has 0 amide bonds. The van der Waals surface area contributed by atoms with Gasteiger partial charge in [0.25, 0.3) is 0 Å². The molecule has 0 fully saturated rings. The van der Waals surface area contributed by atoms with Gasteiger partial charge in [0.1, 0.15) is 0 Å².